The zero-order valence-corrected chi connectivity index (χ0v) is 16.3. The van der Waals surface area contributed by atoms with E-state index in [1.54, 1.807) is 11.3 Å². The van der Waals surface area contributed by atoms with Gasteiger partial charge in [-0.2, -0.15) is 11.3 Å². The van der Waals surface area contributed by atoms with Crippen molar-refractivity contribution >= 4 is 17.3 Å². The Balaban J connectivity index is 1.69. The Kier molecular flexibility index (Phi) is 5.74. The number of carboxylic acids is 1. The molecule has 1 aromatic heterocycles. The summed E-state index contributed by atoms with van der Waals surface area (Å²) in [5.74, 6) is 0.803. The average Bonchev–Trinajstić information content (AvgIpc) is 3.24. The Morgan fingerprint density at radius 2 is 1.86 bits per heavy atom. The van der Waals surface area contributed by atoms with E-state index in [1.807, 2.05) is 53.9 Å². The van der Waals surface area contributed by atoms with Crippen molar-refractivity contribution in [3.05, 3.63) is 82.6 Å². The van der Waals surface area contributed by atoms with Crippen LogP contribution in [0.15, 0.2) is 71.4 Å². The summed E-state index contributed by atoms with van der Waals surface area (Å²) in [6.45, 7) is 0.779. The van der Waals surface area contributed by atoms with Crippen molar-refractivity contribution in [3.8, 4) is 11.5 Å². The molecule has 2 atom stereocenters. The normalized spacial score (nSPS) is 18.5. The number of thiophene rings is 1. The lowest BCUT2D eigenvalue weighted by Gasteiger charge is -2.39. The van der Waals surface area contributed by atoms with Gasteiger partial charge < -0.3 is 9.84 Å². The highest BCUT2D eigenvalue weighted by Crippen LogP contribution is 2.36. The van der Waals surface area contributed by atoms with Crippen LogP contribution < -0.4 is 4.74 Å². The number of hydrogen-bond donors (Lipinski definition) is 1. The minimum absolute atomic E-state index is 0.0908. The highest BCUT2D eigenvalue weighted by atomic mass is 32.1. The molecule has 5 heteroatoms. The number of aliphatic carboxylic acids is 1. The Hall–Kier alpha value is -2.63. The molecule has 1 fully saturated rings. The van der Waals surface area contributed by atoms with Gasteiger partial charge in [-0.05, 0) is 71.6 Å². The third-order valence-corrected chi connectivity index (χ3v) is 5.87. The fourth-order valence-corrected chi connectivity index (χ4v) is 4.59. The summed E-state index contributed by atoms with van der Waals surface area (Å²) < 4.78 is 6.02. The number of rotatable bonds is 6. The van der Waals surface area contributed by atoms with Gasteiger partial charge in [0.05, 0.1) is 6.04 Å². The van der Waals surface area contributed by atoms with Crippen molar-refractivity contribution in [2.24, 2.45) is 0 Å². The van der Waals surface area contributed by atoms with Crippen LogP contribution in [0.1, 0.15) is 36.4 Å². The molecule has 4 rings (SSSR count). The second-order valence-electron chi connectivity index (χ2n) is 7.03. The maximum absolute atomic E-state index is 11.9. The van der Waals surface area contributed by atoms with Gasteiger partial charge in [-0.15, -0.1) is 0 Å². The first-order chi connectivity index (χ1) is 13.7. The number of hydrogen-bond acceptors (Lipinski definition) is 4. The molecule has 144 valence electrons. The van der Waals surface area contributed by atoms with Crippen LogP contribution in [-0.4, -0.2) is 28.6 Å². The van der Waals surface area contributed by atoms with Crippen molar-refractivity contribution in [2.75, 3.05) is 6.54 Å². The molecule has 4 nitrogen and oxygen atoms in total. The lowest BCUT2D eigenvalue weighted by atomic mass is 9.93. The van der Waals surface area contributed by atoms with Crippen molar-refractivity contribution in [1.82, 2.24) is 4.90 Å². The lowest BCUT2D eigenvalue weighted by Crippen LogP contribution is -2.46. The first kappa shape index (κ1) is 18.7. The number of carbonyl (C=O) groups is 1. The fourth-order valence-electron chi connectivity index (χ4n) is 3.91. The van der Waals surface area contributed by atoms with Crippen LogP contribution in [0.25, 0.3) is 0 Å². The Morgan fingerprint density at radius 3 is 2.61 bits per heavy atom. The Labute approximate surface area is 169 Å². The fraction of sp³-hybridized carbons (Fsp3) is 0.261. The Morgan fingerprint density at radius 1 is 1.04 bits per heavy atom. The van der Waals surface area contributed by atoms with Crippen LogP contribution in [0.5, 0.6) is 11.5 Å². The summed E-state index contributed by atoms with van der Waals surface area (Å²) in [7, 11) is 0. The van der Waals surface area contributed by atoms with Gasteiger partial charge in [0, 0.05) is 0 Å². The van der Waals surface area contributed by atoms with E-state index in [0.29, 0.717) is 6.42 Å². The lowest BCUT2D eigenvalue weighted by molar-refractivity contribution is -0.145. The molecule has 1 aliphatic heterocycles. The molecule has 0 saturated carbocycles. The molecular weight excluding hydrogens is 370 g/mol. The summed E-state index contributed by atoms with van der Waals surface area (Å²) in [6.07, 6.45) is 2.67. The van der Waals surface area contributed by atoms with E-state index in [9.17, 15) is 9.90 Å². The molecule has 0 bridgehead atoms. The third kappa shape index (κ3) is 4.11. The maximum Gasteiger partial charge on any atom is 0.320 e. The number of ether oxygens (including phenoxy) is 1. The van der Waals surface area contributed by atoms with Gasteiger partial charge in [0.1, 0.15) is 17.5 Å². The number of benzene rings is 2. The van der Waals surface area contributed by atoms with E-state index in [1.165, 1.54) is 0 Å². The molecule has 1 saturated heterocycles. The first-order valence-corrected chi connectivity index (χ1v) is 10.5. The molecule has 0 radical (unpaired) electrons. The zero-order valence-electron chi connectivity index (χ0n) is 15.5. The van der Waals surface area contributed by atoms with E-state index < -0.39 is 12.0 Å². The molecule has 0 amide bonds. The quantitative estimate of drug-likeness (QED) is 0.595. The van der Waals surface area contributed by atoms with Crippen molar-refractivity contribution in [3.63, 3.8) is 0 Å². The van der Waals surface area contributed by atoms with Crippen molar-refractivity contribution < 1.29 is 14.6 Å². The molecule has 0 spiro atoms. The molecule has 1 aliphatic rings. The van der Waals surface area contributed by atoms with E-state index in [2.05, 4.69) is 22.4 Å². The van der Waals surface area contributed by atoms with Crippen LogP contribution >= 0.6 is 11.3 Å². The second kappa shape index (κ2) is 8.59. The summed E-state index contributed by atoms with van der Waals surface area (Å²) in [5, 5.41) is 13.9. The highest BCUT2D eigenvalue weighted by molar-refractivity contribution is 7.08. The minimum atomic E-state index is -0.739. The summed E-state index contributed by atoms with van der Waals surface area (Å²) in [4.78, 5) is 14.0. The van der Waals surface area contributed by atoms with Crippen molar-refractivity contribution in [2.45, 2.75) is 31.3 Å². The smallest absolute Gasteiger partial charge is 0.320 e. The first-order valence-electron chi connectivity index (χ1n) is 9.56. The maximum atomic E-state index is 11.9. The highest BCUT2D eigenvalue weighted by Gasteiger charge is 2.35. The standard InChI is InChI=1S/C23H23NO3S/c25-23(26)21-11-4-5-13-24(21)22(18-12-14-28-16-18)17-7-6-10-20(15-17)27-19-8-2-1-3-9-19/h1-3,6-10,12,14-16,21-22H,4-5,11,13H2,(H,25,26). The van der Waals surface area contributed by atoms with Gasteiger partial charge in [0.25, 0.3) is 0 Å². The summed E-state index contributed by atoms with van der Waals surface area (Å²) in [6, 6.07) is 19.2. The average molecular weight is 394 g/mol. The van der Waals surface area contributed by atoms with Crippen LogP contribution in [0.4, 0.5) is 0 Å². The van der Waals surface area contributed by atoms with Gasteiger partial charge >= 0.3 is 5.97 Å². The van der Waals surface area contributed by atoms with E-state index in [0.717, 1.165) is 42.0 Å². The van der Waals surface area contributed by atoms with Crippen LogP contribution in [0.3, 0.4) is 0 Å². The van der Waals surface area contributed by atoms with Gasteiger partial charge in [-0.25, -0.2) is 0 Å². The zero-order chi connectivity index (χ0) is 19.3. The number of piperidine rings is 1. The van der Waals surface area contributed by atoms with Gasteiger partial charge in [-0.1, -0.05) is 36.8 Å². The van der Waals surface area contributed by atoms with Gasteiger partial charge in [0.15, 0.2) is 0 Å². The van der Waals surface area contributed by atoms with Crippen molar-refractivity contribution in [1.29, 1.82) is 0 Å². The molecule has 3 aromatic rings. The largest absolute Gasteiger partial charge is 0.480 e. The molecule has 0 aliphatic carbocycles. The van der Waals surface area contributed by atoms with E-state index in [-0.39, 0.29) is 6.04 Å². The Bertz CT molecular complexity index is 911. The van der Waals surface area contributed by atoms with E-state index in [4.69, 9.17) is 4.74 Å². The molecule has 2 unspecified atom stereocenters. The SMILES string of the molecule is O=C(O)C1CCCCN1C(c1ccsc1)c1cccc(Oc2ccccc2)c1. The number of carboxylic acid groups (broad SMARTS) is 1. The van der Waals surface area contributed by atoms with E-state index >= 15 is 0 Å². The molecule has 1 N–H and O–H groups in total. The van der Waals surface area contributed by atoms with Gasteiger partial charge in [0.2, 0.25) is 0 Å². The number of nitrogens with zero attached hydrogens (tertiary/aromatic N) is 1. The van der Waals surface area contributed by atoms with Crippen LogP contribution in [0, 0.1) is 0 Å². The second-order valence-corrected chi connectivity index (χ2v) is 7.81. The molecular formula is C23H23NO3S. The minimum Gasteiger partial charge on any atom is -0.480 e. The number of likely N-dealkylation sites (tertiary alicyclic amines) is 1. The topological polar surface area (TPSA) is 49.8 Å². The van der Waals surface area contributed by atoms with Crippen LogP contribution in [-0.2, 0) is 4.79 Å². The summed E-state index contributed by atoms with van der Waals surface area (Å²) in [5.41, 5.74) is 2.19. The van der Waals surface area contributed by atoms with Gasteiger partial charge in [-0.3, -0.25) is 9.69 Å². The van der Waals surface area contributed by atoms with Crippen LogP contribution in [0.2, 0.25) is 0 Å². The monoisotopic (exact) mass is 393 g/mol. The molecule has 2 aromatic carbocycles. The third-order valence-electron chi connectivity index (χ3n) is 5.17. The number of para-hydroxylation sites is 1. The molecule has 28 heavy (non-hydrogen) atoms. The molecule has 2 heterocycles. The predicted octanol–water partition coefficient (Wildman–Crippen LogP) is 5.57. The summed E-state index contributed by atoms with van der Waals surface area (Å²) >= 11 is 1.64. The predicted molar refractivity (Wildman–Crippen MR) is 111 cm³/mol.